The molecule has 4 nitrogen and oxygen atoms in total. The van der Waals surface area contributed by atoms with E-state index in [2.05, 4.69) is 6.58 Å². The maximum Gasteiger partial charge on any atom is 0.308 e. The van der Waals surface area contributed by atoms with Gasteiger partial charge in [-0.3, -0.25) is 9.59 Å². The van der Waals surface area contributed by atoms with Crippen molar-refractivity contribution in [3.05, 3.63) is 41.5 Å². The molecule has 0 spiro atoms. The molecule has 0 atom stereocenters. The van der Waals surface area contributed by atoms with Crippen molar-refractivity contribution in [3.63, 3.8) is 0 Å². The number of amides is 1. The lowest BCUT2D eigenvalue weighted by Gasteiger charge is -2.13. The van der Waals surface area contributed by atoms with Gasteiger partial charge in [0.05, 0.1) is 0 Å². The van der Waals surface area contributed by atoms with Crippen molar-refractivity contribution in [3.8, 4) is 5.75 Å². The number of ether oxygens (including phenoxy) is 1. The lowest BCUT2D eigenvalue weighted by atomic mass is 10.0. The fourth-order valence-corrected chi connectivity index (χ4v) is 1.62. The first-order valence-corrected chi connectivity index (χ1v) is 5.19. The summed E-state index contributed by atoms with van der Waals surface area (Å²) >= 11 is 0. The van der Waals surface area contributed by atoms with E-state index >= 15 is 0 Å². The van der Waals surface area contributed by atoms with Gasteiger partial charge >= 0.3 is 5.97 Å². The van der Waals surface area contributed by atoms with Crippen LogP contribution in [0.2, 0.25) is 0 Å². The summed E-state index contributed by atoms with van der Waals surface area (Å²) in [7, 11) is 0. The van der Waals surface area contributed by atoms with Crippen LogP contribution in [0.25, 0.3) is 0 Å². The van der Waals surface area contributed by atoms with Crippen molar-refractivity contribution in [2.24, 2.45) is 5.73 Å². The number of benzene rings is 1. The van der Waals surface area contributed by atoms with E-state index in [4.69, 9.17) is 10.5 Å². The summed E-state index contributed by atoms with van der Waals surface area (Å²) in [4.78, 5) is 22.2. The Morgan fingerprint density at radius 1 is 1.47 bits per heavy atom. The first-order valence-electron chi connectivity index (χ1n) is 5.19. The molecule has 0 radical (unpaired) electrons. The topological polar surface area (TPSA) is 69.4 Å². The van der Waals surface area contributed by atoms with Crippen LogP contribution >= 0.6 is 0 Å². The Bertz CT molecular complexity index is 478. The van der Waals surface area contributed by atoms with Crippen molar-refractivity contribution >= 4 is 11.9 Å². The fraction of sp³-hybridized carbons (Fsp3) is 0.231. The summed E-state index contributed by atoms with van der Waals surface area (Å²) in [6.07, 6.45) is 2.26. The molecule has 0 heterocycles. The Labute approximate surface area is 100 Å². The van der Waals surface area contributed by atoms with Crippen LogP contribution in [-0.4, -0.2) is 11.9 Å². The van der Waals surface area contributed by atoms with Crippen molar-refractivity contribution in [2.45, 2.75) is 20.3 Å². The predicted octanol–water partition coefficient (Wildman–Crippen LogP) is 1.75. The Morgan fingerprint density at radius 2 is 2.12 bits per heavy atom. The fourth-order valence-electron chi connectivity index (χ4n) is 1.62. The van der Waals surface area contributed by atoms with Crippen LogP contribution < -0.4 is 10.5 Å². The molecule has 1 amide bonds. The molecule has 0 aliphatic carbocycles. The summed E-state index contributed by atoms with van der Waals surface area (Å²) < 4.78 is 5.13. The van der Waals surface area contributed by atoms with Gasteiger partial charge in [-0.1, -0.05) is 12.1 Å². The molecule has 0 aliphatic rings. The standard InChI is InChI=1S/C13H15NO3/c1-4-5-10-6-7-11(13(14)16)8(2)12(10)17-9(3)15/h4,6-7H,1,5H2,2-3H3,(H2,14,16). The van der Waals surface area contributed by atoms with Crippen molar-refractivity contribution in [1.29, 1.82) is 0 Å². The molecule has 2 N–H and O–H groups in total. The molecule has 0 bridgehead atoms. The van der Waals surface area contributed by atoms with Gasteiger partial charge in [-0.15, -0.1) is 6.58 Å². The van der Waals surface area contributed by atoms with Crippen LogP contribution in [0, 0.1) is 6.92 Å². The van der Waals surface area contributed by atoms with E-state index < -0.39 is 11.9 Å². The van der Waals surface area contributed by atoms with Crippen LogP contribution in [0.4, 0.5) is 0 Å². The van der Waals surface area contributed by atoms with Crippen LogP contribution in [0.3, 0.4) is 0 Å². The first kappa shape index (κ1) is 13.0. The second kappa shape index (κ2) is 5.30. The highest BCUT2D eigenvalue weighted by Gasteiger charge is 2.15. The minimum absolute atomic E-state index is 0.356. The minimum Gasteiger partial charge on any atom is -0.426 e. The van der Waals surface area contributed by atoms with E-state index in [9.17, 15) is 9.59 Å². The largest absolute Gasteiger partial charge is 0.426 e. The van der Waals surface area contributed by atoms with Gasteiger partial charge in [-0.25, -0.2) is 0 Å². The highest BCUT2D eigenvalue weighted by molar-refractivity contribution is 5.95. The molecule has 0 saturated carbocycles. The van der Waals surface area contributed by atoms with Crippen LogP contribution in [-0.2, 0) is 11.2 Å². The molecular weight excluding hydrogens is 218 g/mol. The SMILES string of the molecule is C=CCc1ccc(C(N)=O)c(C)c1OC(C)=O. The normalized spacial score (nSPS) is 9.76. The minimum atomic E-state index is -0.541. The van der Waals surface area contributed by atoms with Gasteiger partial charge in [0.2, 0.25) is 5.91 Å². The van der Waals surface area contributed by atoms with Crippen molar-refractivity contribution in [2.75, 3.05) is 0 Å². The third kappa shape index (κ3) is 2.93. The maximum atomic E-state index is 11.2. The van der Waals surface area contributed by atoms with Crippen LogP contribution in [0.5, 0.6) is 5.75 Å². The summed E-state index contributed by atoms with van der Waals surface area (Å²) in [5, 5.41) is 0. The number of carbonyl (C=O) groups is 2. The van der Waals surface area contributed by atoms with E-state index in [0.717, 1.165) is 5.56 Å². The maximum absolute atomic E-state index is 11.2. The molecule has 90 valence electrons. The zero-order chi connectivity index (χ0) is 13.0. The summed E-state index contributed by atoms with van der Waals surface area (Å²) in [5.41, 5.74) is 6.97. The van der Waals surface area contributed by atoms with Gasteiger partial charge in [0, 0.05) is 18.1 Å². The van der Waals surface area contributed by atoms with E-state index in [1.807, 2.05) is 0 Å². The molecule has 0 aliphatic heterocycles. The van der Waals surface area contributed by atoms with Crippen molar-refractivity contribution < 1.29 is 14.3 Å². The average molecular weight is 233 g/mol. The number of rotatable bonds is 4. The van der Waals surface area contributed by atoms with E-state index in [0.29, 0.717) is 23.3 Å². The molecular formula is C13H15NO3. The Kier molecular flexibility index (Phi) is 4.04. The molecule has 0 unspecified atom stereocenters. The number of esters is 1. The predicted molar refractivity (Wildman–Crippen MR) is 64.9 cm³/mol. The molecule has 17 heavy (non-hydrogen) atoms. The highest BCUT2D eigenvalue weighted by Crippen LogP contribution is 2.27. The van der Waals surface area contributed by atoms with Crippen LogP contribution in [0.1, 0.15) is 28.4 Å². The van der Waals surface area contributed by atoms with Gasteiger partial charge in [0.1, 0.15) is 5.75 Å². The first-order chi connectivity index (χ1) is 7.97. The zero-order valence-corrected chi connectivity index (χ0v) is 9.95. The number of primary amides is 1. The van der Waals surface area contributed by atoms with E-state index in [-0.39, 0.29) is 0 Å². The van der Waals surface area contributed by atoms with Gasteiger partial charge in [-0.05, 0) is 25.0 Å². The zero-order valence-electron chi connectivity index (χ0n) is 9.95. The third-order valence-electron chi connectivity index (χ3n) is 2.36. The Hall–Kier alpha value is -2.10. The lowest BCUT2D eigenvalue weighted by molar-refractivity contribution is -0.132. The molecule has 0 saturated heterocycles. The number of carbonyl (C=O) groups excluding carboxylic acids is 2. The van der Waals surface area contributed by atoms with Crippen molar-refractivity contribution in [1.82, 2.24) is 0 Å². The number of nitrogens with two attached hydrogens (primary N) is 1. The Morgan fingerprint density at radius 3 is 2.59 bits per heavy atom. The second-order valence-corrected chi connectivity index (χ2v) is 3.68. The third-order valence-corrected chi connectivity index (χ3v) is 2.36. The molecule has 0 aromatic heterocycles. The van der Waals surface area contributed by atoms with E-state index in [1.165, 1.54) is 6.92 Å². The van der Waals surface area contributed by atoms with E-state index in [1.54, 1.807) is 25.1 Å². The summed E-state index contributed by atoms with van der Waals surface area (Å²) in [6, 6.07) is 3.34. The lowest BCUT2D eigenvalue weighted by Crippen LogP contribution is -2.15. The molecule has 4 heteroatoms. The van der Waals surface area contributed by atoms with Gasteiger partial charge in [0.15, 0.2) is 0 Å². The van der Waals surface area contributed by atoms with Gasteiger partial charge < -0.3 is 10.5 Å². The summed E-state index contributed by atoms with van der Waals surface area (Å²) in [5.74, 6) is -0.574. The number of allylic oxidation sites excluding steroid dienone is 1. The van der Waals surface area contributed by atoms with Gasteiger partial charge in [0.25, 0.3) is 0 Å². The number of hydrogen-bond donors (Lipinski definition) is 1. The molecule has 1 aromatic carbocycles. The highest BCUT2D eigenvalue weighted by atomic mass is 16.5. The quantitative estimate of drug-likeness (QED) is 0.489. The second-order valence-electron chi connectivity index (χ2n) is 3.68. The smallest absolute Gasteiger partial charge is 0.308 e. The monoisotopic (exact) mass is 233 g/mol. The molecule has 1 aromatic rings. The Balaban J connectivity index is 3.35. The van der Waals surface area contributed by atoms with Gasteiger partial charge in [-0.2, -0.15) is 0 Å². The number of hydrogen-bond acceptors (Lipinski definition) is 3. The average Bonchev–Trinajstić information content (AvgIpc) is 2.22. The molecule has 1 rings (SSSR count). The summed E-state index contributed by atoms with van der Waals surface area (Å²) in [6.45, 7) is 6.64. The molecule has 0 fully saturated rings. The van der Waals surface area contributed by atoms with Crippen LogP contribution in [0.15, 0.2) is 24.8 Å².